The number of nitrogens with two attached hydrogens (primary N) is 1. The normalized spacial score (nSPS) is 22.5. The summed E-state index contributed by atoms with van der Waals surface area (Å²) in [5.74, 6) is 2.63. The number of hydrogen-bond donors (Lipinski definition) is 3. The van der Waals surface area contributed by atoms with Gasteiger partial charge in [0, 0.05) is 25.3 Å². The third-order valence-electron chi connectivity index (χ3n) is 4.72. The molecule has 4 N–H and O–H groups in total. The molecular weight excluding hydrogens is 306 g/mol. The molecule has 1 saturated carbocycles. The highest BCUT2D eigenvalue weighted by Gasteiger charge is 2.26. The van der Waals surface area contributed by atoms with Gasteiger partial charge in [-0.1, -0.05) is 6.08 Å². The number of nitrogens with one attached hydrogen (secondary N) is 1. The molecule has 2 aliphatic carbocycles. The van der Waals surface area contributed by atoms with Crippen LogP contribution in [0.5, 0.6) is 0 Å². The molecule has 2 heterocycles. The van der Waals surface area contributed by atoms with Crippen LogP contribution in [0.1, 0.15) is 37.1 Å². The summed E-state index contributed by atoms with van der Waals surface area (Å²) in [5, 5.41) is 12.7. The fourth-order valence-electron chi connectivity index (χ4n) is 3.42. The van der Waals surface area contributed by atoms with E-state index in [0.717, 1.165) is 49.1 Å². The minimum Gasteiger partial charge on any atom is -0.440 e. The van der Waals surface area contributed by atoms with Gasteiger partial charge >= 0.3 is 0 Å². The zero-order valence-electron chi connectivity index (χ0n) is 13.4. The number of rotatable bonds is 4. The van der Waals surface area contributed by atoms with E-state index in [-0.39, 0.29) is 18.6 Å². The van der Waals surface area contributed by atoms with Crippen molar-refractivity contribution in [2.45, 2.75) is 38.1 Å². The molecule has 7 nitrogen and oxygen atoms in total. The topological polar surface area (TPSA) is 110 Å². The van der Waals surface area contributed by atoms with Crippen molar-refractivity contribution in [3.63, 3.8) is 0 Å². The summed E-state index contributed by atoms with van der Waals surface area (Å²) in [6.45, 7) is 0.232. The first-order chi connectivity index (χ1) is 11.7. The standard InChI is InChI=1S/C17H21N5O2/c18-17-19-8-12(16-21-13-3-1-2-4-14(13)24-16)15(22-17)20-11-6-5-10(7-11)9-23/h1,3,8,10-11,23H,2,4-7,9H2,(H3,18,19,20,22). The highest BCUT2D eigenvalue weighted by molar-refractivity contribution is 5.70. The van der Waals surface area contributed by atoms with Crippen LogP contribution in [-0.2, 0) is 6.42 Å². The van der Waals surface area contributed by atoms with Gasteiger partial charge in [0.2, 0.25) is 11.8 Å². The minimum absolute atomic E-state index is 0.217. The summed E-state index contributed by atoms with van der Waals surface area (Å²) >= 11 is 0. The molecule has 4 rings (SSSR count). The van der Waals surface area contributed by atoms with Crippen LogP contribution in [0.2, 0.25) is 0 Å². The fourth-order valence-corrected chi connectivity index (χ4v) is 3.42. The van der Waals surface area contributed by atoms with Crippen molar-refractivity contribution < 1.29 is 9.52 Å². The SMILES string of the molecule is Nc1ncc(-c2nc3c(o2)CCC=C3)c(NC2CCC(CO)C2)n1. The second-order valence-electron chi connectivity index (χ2n) is 6.46. The first kappa shape index (κ1) is 15.1. The molecule has 0 aliphatic heterocycles. The zero-order chi connectivity index (χ0) is 16.5. The summed E-state index contributed by atoms with van der Waals surface area (Å²) in [4.78, 5) is 13.0. The summed E-state index contributed by atoms with van der Waals surface area (Å²) in [6.07, 6.45) is 10.5. The number of aryl methyl sites for hydroxylation is 1. The molecule has 24 heavy (non-hydrogen) atoms. The maximum Gasteiger partial charge on any atom is 0.232 e. The summed E-state index contributed by atoms with van der Waals surface area (Å²) in [5.41, 5.74) is 7.36. The predicted octanol–water partition coefficient (Wildman–Crippen LogP) is 2.25. The average molecular weight is 327 g/mol. The van der Waals surface area contributed by atoms with Crippen molar-refractivity contribution in [2.75, 3.05) is 17.7 Å². The van der Waals surface area contributed by atoms with Gasteiger partial charge in [-0.15, -0.1) is 0 Å². The van der Waals surface area contributed by atoms with Crippen molar-refractivity contribution in [3.8, 4) is 11.5 Å². The second-order valence-corrected chi connectivity index (χ2v) is 6.46. The molecule has 0 spiro atoms. The lowest BCUT2D eigenvalue weighted by Crippen LogP contribution is -2.18. The van der Waals surface area contributed by atoms with Crippen LogP contribution in [-0.4, -0.2) is 32.7 Å². The maximum absolute atomic E-state index is 9.32. The molecule has 2 atom stereocenters. The summed E-state index contributed by atoms with van der Waals surface area (Å²) in [6, 6.07) is 0.264. The van der Waals surface area contributed by atoms with Gasteiger partial charge < -0.3 is 20.6 Å². The average Bonchev–Trinajstić information content (AvgIpc) is 3.21. The number of fused-ring (bicyclic) bond motifs is 1. The number of anilines is 2. The predicted molar refractivity (Wildman–Crippen MR) is 91.1 cm³/mol. The summed E-state index contributed by atoms with van der Waals surface area (Å²) in [7, 11) is 0. The van der Waals surface area contributed by atoms with Crippen LogP contribution >= 0.6 is 0 Å². The van der Waals surface area contributed by atoms with E-state index in [1.807, 2.05) is 6.08 Å². The highest BCUT2D eigenvalue weighted by Crippen LogP contribution is 2.33. The van der Waals surface area contributed by atoms with E-state index >= 15 is 0 Å². The number of aromatic nitrogens is 3. The van der Waals surface area contributed by atoms with E-state index in [4.69, 9.17) is 10.2 Å². The molecule has 126 valence electrons. The quantitative estimate of drug-likeness (QED) is 0.790. The Labute approximate surface area is 140 Å². The molecule has 0 saturated heterocycles. The van der Waals surface area contributed by atoms with Crippen LogP contribution in [0.25, 0.3) is 17.5 Å². The van der Waals surface area contributed by atoms with Gasteiger partial charge in [-0.05, 0) is 37.7 Å². The largest absolute Gasteiger partial charge is 0.440 e. The Morgan fingerprint density at radius 3 is 3.04 bits per heavy atom. The molecule has 0 bridgehead atoms. The van der Waals surface area contributed by atoms with Crippen molar-refractivity contribution in [2.24, 2.45) is 5.92 Å². The van der Waals surface area contributed by atoms with E-state index < -0.39 is 0 Å². The van der Waals surface area contributed by atoms with Crippen LogP contribution in [0.15, 0.2) is 16.7 Å². The fraction of sp³-hybridized carbons (Fsp3) is 0.471. The molecular formula is C17H21N5O2. The van der Waals surface area contributed by atoms with E-state index in [1.54, 1.807) is 6.20 Å². The first-order valence-corrected chi connectivity index (χ1v) is 8.39. The van der Waals surface area contributed by atoms with E-state index in [9.17, 15) is 5.11 Å². The van der Waals surface area contributed by atoms with Crippen molar-refractivity contribution in [1.82, 2.24) is 15.0 Å². The lowest BCUT2D eigenvalue weighted by atomic mass is 10.1. The monoisotopic (exact) mass is 327 g/mol. The number of nitrogen functional groups attached to an aromatic ring is 1. The Balaban J connectivity index is 1.63. The lowest BCUT2D eigenvalue weighted by Gasteiger charge is -2.15. The minimum atomic E-state index is 0.217. The Morgan fingerprint density at radius 1 is 1.33 bits per heavy atom. The van der Waals surface area contributed by atoms with Gasteiger partial charge in [-0.25, -0.2) is 9.97 Å². The molecule has 0 radical (unpaired) electrons. The number of aliphatic hydroxyl groups is 1. The molecule has 2 aromatic rings. The summed E-state index contributed by atoms with van der Waals surface area (Å²) < 4.78 is 5.92. The van der Waals surface area contributed by atoms with Gasteiger partial charge in [0.1, 0.15) is 17.3 Å². The van der Waals surface area contributed by atoms with Gasteiger partial charge in [0.25, 0.3) is 0 Å². The van der Waals surface area contributed by atoms with E-state index in [2.05, 4.69) is 26.3 Å². The van der Waals surface area contributed by atoms with Crippen LogP contribution < -0.4 is 11.1 Å². The Bertz CT molecular complexity index is 770. The van der Waals surface area contributed by atoms with Crippen molar-refractivity contribution >= 4 is 17.8 Å². The van der Waals surface area contributed by atoms with E-state index in [1.165, 1.54) is 0 Å². The number of allylic oxidation sites excluding steroid dienone is 1. The highest BCUT2D eigenvalue weighted by atomic mass is 16.4. The molecule has 2 aliphatic rings. The molecule has 0 aromatic carbocycles. The van der Waals surface area contributed by atoms with Crippen LogP contribution in [0, 0.1) is 5.92 Å². The van der Waals surface area contributed by atoms with Gasteiger partial charge in [-0.2, -0.15) is 4.98 Å². The number of oxazole rings is 1. The Kier molecular flexibility index (Phi) is 3.93. The number of aliphatic hydroxyl groups excluding tert-OH is 1. The second kappa shape index (κ2) is 6.24. The number of nitrogens with zero attached hydrogens (tertiary/aromatic N) is 3. The molecule has 1 fully saturated rings. The molecule has 0 amide bonds. The zero-order valence-corrected chi connectivity index (χ0v) is 13.4. The third kappa shape index (κ3) is 2.87. The van der Waals surface area contributed by atoms with Gasteiger partial charge in [-0.3, -0.25) is 0 Å². The maximum atomic E-state index is 9.32. The third-order valence-corrected chi connectivity index (χ3v) is 4.72. The molecule has 2 unspecified atom stereocenters. The van der Waals surface area contributed by atoms with E-state index in [0.29, 0.717) is 17.6 Å². The lowest BCUT2D eigenvalue weighted by molar-refractivity contribution is 0.229. The van der Waals surface area contributed by atoms with Gasteiger partial charge in [0.05, 0.1) is 5.56 Å². The van der Waals surface area contributed by atoms with Crippen molar-refractivity contribution in [3.05, 3.63) is 23.7 Å². The van der Waals surface area contributed by atoms with Gasteiger partial charge in [0.15, 0.2) is 0 Å². The number of hydrogen-bond acceptors (Lipinski definition) is 7. The Morgan fingerprint density at radius 2 is 2.25 bits per heavy atom. The van der Waals surface area contributed by atoms with Crippen molar-refractivity contribution in [1.29, 1.82) is 0 Å². The molecule has 2 aromatic heterocycles. The molecule has 7 heteroatoms. The first-order valence-electron chi connectivity index (χ1n) is 8.39. The smallest absolute Gasteiger partial charge is 0.232 e. The van der Waals surface area contributed by atoms with Crippen LogP contribution in [0.4, 0.5) is 11.8 Å². The Hall–Kier alpha value is -2.41. The van der Waals surface area contributed by atoms with Crippen LogP contribution in [0.3, 0.4) is 0 Å².